The van der Waals surface area contributed by atoms with E-state index >= 15 is 0 Å². The Labute approximate surface area is 194 Å². The molecule has 6 nitrogen and oxygen atoms in total. The second-order valence-corrected chi connectivity index (χ2v) is 8.77. The topological polar surface area (TPSA) is 54.7 Å². The van der Waals surface area contributed by atoms with E-state index in [4.69, 9.17) is 4.74 Å². The predicted molar refractivity (Wildman–Crippen MR) is 122 cm³/mol. The molecule has 2 aromatic carbocycles. The zero-order chi connectivity index (χ0) is 23.3. The summed E-state index contributed by atoms with van der Waals surface area (Å²) < 4.78 is 48.0. The van der Waals surface area contributed by atoms with Crippen LogP contribution in [-0.2, 0) is 19.5 Å². The molecule has 2 aliphatic heterocycles. The van der Waals surface area contributed by atoms with Crippen LogP contribution in [0.15, 0.2) is 55.0 Å². The highest BCUT2D eigenvalue weighted by Gasteiger charge is 2.43. The van der Waals surface area contributed by atoms with Gasteiger partial charge in [-0.3, -0.25) is 9.30 Å². The van der Waals surface area contributed by atoms with Crippen LogP contribution in [0.2, 0.25) is 0 Å². The number of benzene rings is 2. The summed E-state index contributed by atoms with van der Waals surface area (Å²) in [5.74, 6) is -1.53. The number of hydrogen-bond acceptors (Lipinski definition) is 5. The number of ether oxygens (including phenoxy) is 1. The van der Waals surface area contributed by atoms with Crippen molar-refractivity contribution in [3.05, 3.63) is 77.5 Å². The number of imidazole rings is 1. The van der Waals surface area contributed by atoms with Crippen molar-refractivity contribution in [1.82, 2.24) is 19.3 Å². The van der Waals surface area contributed by atoms with Crippen LogP contribution in [0.3, 0.4) is 0 Å². The van der Waals surface area contributed by atoms with Gasteiger partial charge in [-0.1, -0.05) is 24.3 Å². The molecule has 0 spiro atoms. The van der Waals surface area contributed by atoms with Gasteiger partial charge in [-0.2, -0.15) is 0 Å². The molecule has 0 amide bonds. The molecule has 2 aromatic heterocycles. The smallest absolute Gasteiger partial charge is 0.272 e. The van der Waals surface area contributed by atoms with Crippen molar-refractivity contribution in [2.45, 2.75) is 25.4 Å². The molecule has 1 saturated heterocycles. The van der Waals surface area contributed by atoms with Gasteiger partial charge in [0.05, 0.1) is 19.7 Å². The van der Waals surface area contributed by atoms with Gasteiger partial charge < -0.3 is 10.1 Å². The average Bonchev–Trinajstić information content (AvgIpc) is 3.48. The van der Waals surface area contributed by atoms with Crippen molar-refractivity contribution in [2.24, 2.45) is 0 Å². The lowest BCUT2D eigenvalue weighted by Gasteiger charge is -2.38. The van der Waals surface area contributed by atoms with Crippen molar-refractivity contribution < 1.29 is 17.9 Å². The first kappa shape index (κ1) is 21.0. The lowest BCUT2D eigenvalue weighted by Crippen LogP contribution is -2.55. The summed E-state index contributed by atoms with van der Waals surface area (Å²) in [5.41, 5.74) is 4.95. The Morgan fingerprint density at radius 1 is 1.06 bits per heavy atom. The van der Waals surface area contributed by atoms with E-state index in [1.54, 1.807) is 23.4 Å². The van der Waals surface area contributed by atoms with Crippen molar-refractivity contribution >= 4 is 11.6 Å². The third-order valence-corrected chi connectivity index (χ3v) is 6.37. The van der Waals surface area contributed by atoms with Crippen molar-refractivity contribution in [3.8, 4) is 16.9 Å². The Balaban J connectivity index is 1.22. The maximum absolute atomic E-state index is 14.5. The summed E-state index contributed by atoms with van der Waals surface area (Å²) in [5, 5.41) is 3.24. The lowest BCUT2D eigenvalue weighted by atomic mass is 10.0. The van der Waals surface area contributed by atoms with Gasteiger partial charge in [0, 0.05) is 54.8 Å². The number of fused-ring (bicyclic) bond motifs is 2. The summed E-state index contributed by atoms with van der Waals surface area (Å²) in [6.45, 7) is 0.964. The highest BCUT2D eigenvalue weighted by Crippen LogP contribution is 2.32. The molecule has 34 heavy (non-hydrogen) atoms. The molecule has 0 radical (unpaired) electrons. The SMILES string of the molecule is Fc1ccc2c(c1CNc1ncc(-c3ccc(CN4CC(F)(F)C4)cc3)c3nccn13)CCO2. The third kappa shape index (κ3) is 3.75. The molecular formula is C25H22F3N5O. The fourth-order valence-corrected chi connectivity index (χ4v) is 4.70. The molecule has 2 aliphatic rings. The number of halogens is 3. The summed E-state index contributed by atoms with van der Waals surface area (Å²) in [7, 11) is 0. The summed E-state index contributed by atoms with van der Waals surface area (Å²) in [4.78, 5) is 10.8. The molecule has 0 unspecified atom stereocenters. The van der Waals surface area contributed by atoms with Crippen LogP contribution in [0.4, 0.5) is 19.1 Å². The van der Waals surface area contributed by atoms with Crippen LogP contribution in [0.25, 0.3) is 16.8 Å². The summed E-state index contributed by atoms with van der Waals surface area (Å²) >= 11 is 0. The van der Waals surface area contributed by atoms with Crippen LogP contribution in [0.1, 0.15) is 16.7 Å². The van der Waals surface area contributed by atoms with E-state index in [2.05, 4.69) is 15.3 Å². The normalized spacial score (nSPS) is 16.8. The molecular weight excluding hydrogens is 443 g/mol. The van der Waals surface area contributed by atoms with E-state index in [1.165, 1.54) is 6.07 Å². The molecule has 0 bridgehead atoms. The fraction of sp³-hybridized carbons (Fsp3) is 0.280. The number of likely N-dealkylation sites (tertiary alicyclic amines) is 1. The van der Waals surface area contributed by atoms with Gasteiger partial charge in [0.25, 0.3) is 5.92 Å². The largest absolute Gasteiger partial charge is 0.493 e. The first-order valence-corrected chi connectivity index (χ1v) is 11.2. The quantitative estimate of drug-likeness (QED) is 0.453. The van der Waals surface area contributed by atoms with Crippen LogP contribution in [0.5, 0.6) is 5.75 Å². The number of hydrogen-bond donors (Lipinski definition) is 1. The number of anilines is 1. The van der Waals surface area contributed by atoms with E-state index < -0.39 is 5.92 Å². The number of rotatable bonds is 6. The zero-order valence-electron chi connectivity index (χ0n) is 18.3. The second-order valence-electron chi connectivity index (χ2n) is 8.77. The molecule has 4 aromatic rings. The van der Waals surface area contributed by atoms with E-state index in [1.807, 2.05) is 34.9 Å². The molecule has 1 N–H and O–H groups in total. The summed E-state index contributed by atoms with van der Waals surface area (Å²) in [6, 6.07) is 10.9. The van der Waals surface area contributed by atoms with Crippen LogP contribution >= 0.6 is 0 Å². The summed E-state index contributed by atoms with van der Waals surface area (Å²) in [6.07, 6.45) is 5.93. The fourth-order valence-electron chi connectivity index (χ4n) is 4.70. The van der Waals surface area contributed by atoms with E-state index in [0.29, 0.717) is 31.1 Å². The number of aromatic nitrogens is 3. The van der Waals surface area contributed by atoms with Gasteiger partial charge in [0.2, 0.25) is 5.95 Å². The molecule has 174 valence electrons. The number of alkyl halides is 2. The Morgan fingerprint density at radius 2 is 1.88 bits per heavy atom. The highest BCUT2D eigenvalue weighted by molar-refractivity contribution is 5.78. The molecule has 0 aliphatic carbocycles. The number of nitrogens with zero attached hydrogens (tertiary/aromatic N) is 4. The van der Waals surface area contributed by atoms with Gasteiger partial charge >= 0.3 is 0 Å². The average molecular weight is 465 g/mol. The van der Waals surface area contributed by atoms with Crippen molar-refractivity contribution in [2.75, 3.05) is 25.0 Å². The first-order chi connectivity index (χ1) is 16.5. The lowest BCUT2D eigenvalue weighted by molar-refractivity contribution is -0.133. The molecule has 9 heteroatoms. The molecule has 0 atom stereocenters. The van der Waals surface area contributed by atoms with E-state index in [-0.39, 0.29) is 25.5 Å². The van der Waals surface area contributed by atoms with Crippen molar-refractivity contribution in [3.63, 3.8) is 0 Å². The van der Waals surface area contributed by atoms with Gasteiger partial charge in [-0.25, -0.2) is 23.1 Å². The highest BCUT2D eigenvalue weighted by atomic mass is 19.3. The standard InChI is InChI=1S/C25H22F3N5O/c26-21-5-6-22-18(7-10-34-22)20(21)12-31-24-30-11-19(23-29-8-9-33(23)24)17-3-1-16(2-4-17)13-32-14-25(27,28)15-32/h1-6,8-9,11H,7,10,12-15H2,(H,30,31). The van der Waals surface area contributed by atoms with Crippen LogP contribution in [-0.4, -0.2) is 44.9 Å². The Morgan fingerprint density at radius 3 is 2.68 bits per heavy atom. The monoisotopic (exact) mass is 465 g/mol. The van der Waals surface area contributed by atoms with Crippen LogP contribution < -0.4 is 10.1 Å². The van der Waals surface area contributed by atoms with E-state index in [9.17, 15) is 13.2 Å². The maximum atomic E-state index is 14.5. The third-order valence-electron chi connectivity index (χ3n) is 6.37. The molecule has 0 saturated carbocycles. The minimum absolute atomic E-state index is 0.190. The number of nitrogens with one attached hydrogen (secondary N) is 1. The minimum atomic E-state index is -2.56. The molecule has 6 rings (SSSR count). The zero-order valence-corrected chi connectivity index (χ0v) is 18.3. The van der Waals surface area contributed by atoms with Gasteiger partial charge in [-0.15, -0.1) is 0 Å². The van der Waals surface area contributed by atoms with Crippen LogP contribution in [0, 0.1) is 5.82 Å². The molecule has 1 fully saturated rings. The maximum Gasteiger partial charge on any atom is 0.272 e. The Kier molecular flexibility index (Phi) is 4.95. The van der Waals surface area contributed by atoms with Crippen molar-refractivity contribution in [1.29, 1.82) is 0 Å². The van der Waals surface area contributed by atoms with E-state index in [0.717, 1.165) is 33.7 Å². The van der Waals surface area contributed by atoms with Gasteiger partial charge in [-0.05, 0) is 23.3 Å². The Bertz CT molecular complexity index is 1360. The van der Waals surface area contributed by atoms with Gasteiger partial charge in [0.1, 0.15) is 17.2 Å². The second kappa shape index (κ2) is 8.02. The predicted octanol–water partition coefficient (Wildman–Crippen LogP) is 4.53. The van der Waals surface area contributed by atoms with Gasteiger partial charge in [0.15, 0.2) is 0 Å². The molecule has 4 heterocycles. The minimum Gasteiger partial charge on any atom is -0.493 e. The first-order valence-electron chi connectivity index (χ1n) is 11.2. The Hall–Kier alpha value is -3.59.